The summed E-state index contributed by atoms with van der Waals surface area (Å²) < 4.78 is 58.5. The van der Waals surface area contributed by atoms with Gasteiger partial charge in [0.2, 0.25) is 0 Å². The maximum absolute atomic E-state index is 14.1. The van der Waals surface area contributed by atoms with Crippen molar-refractivity contribution in [2.45, 2.75) is 39.1 Å². The van der Waals surface area contributed by atoms with E-state index in [0.717, 1.165) is 12.1 Å². The highest BCUT2D eigenvalue weighted by Crippen LogP contribution is 2.31. The van der Waals surface area contributed by atoms with E-state index in [-0.39, 0.29) is 36.2 Å². The van der Waals surface area contributed by atoms with Crippen LogP contribution in [0.5, 0.6) is 5.75 Å². The standard InChI is InChI=1S/C26H24F4N4O4/c1-14-22(25(37)34(33(14)2)13-16-6-3-4-9-20(16)27)32-24(36)21(31)19-8-5-7-15-12-17(38-26(28,29)30)10-11-18(15)23(19)35/h3-4,6,9-12,19,31H,5,7-8,13H2,1-2H3,(H,32,36). The molecule has 4 rings (SSSR count). The van der Waals surface area contributed by atoms with Crippen molar-refractivity contribution in [2.75, 3.05) is 5.32 Å². The molecular formula is C26H24F4N4O4. The highest BCUT2D eigenvalue weighted by molar-refractivity contribution is 6.46. The van der Waals surface area contributed by atoms with E-state index >= 15 is 0 Å². The Bertz CT molecular complexity index is 1490. The molecule has 0 aliphatic heterocycles. The zero-order chi connectivity index (χ0) is 27.8. The zero-order valence-electron chi connectivity index (χ0n) is 20.5. The lowest BCUT2D eigenvalue weighted by molar-refractivity contribution is -0.274. The average molecular weight is 532 g/mol. The van der Waals surface area contributed by atoms with Gasteiger partial charge in [-0.2, -0.15) is 0 Å². The Morgan fingerprint density at radius 3 is 2.58 bits per heavy atom. The number of carbonyl (C=O) groups is 2. The van der Waals surface area contributed by atoms with Crippen molar-refractivity contribution in [1.29, 1.82) is 5.41 Å². The lowest BCUT2D eigenvalue weighted by atomic mass is 9.90. The summed E-state index contributed by atoms with van der Waals surface area (Å²) in [7, 11) is 1.57. The van der Waals surface area contributed by atoms with Gasteiger partial charge in [-0.25, -0.2) is 9.07 Å². The molecule has 0 saturated carbocycles. The number of nitrogens with zero attached hydrogens (tertiary/aromatic N) is 2. The van der Waals surface area contributed by atoms with Crippen molar-refractivity contribution in [3.8, 4) is 5.75 Å². The summed E-state index contributed by atoms with van der Waals surface area (Å²) >= 11 is 0. The van der Waals surface area contributed by atoms with Crippen LogP contribution in [0.25, 0.3) is 0 Å². The molecule has 1 unspecified atom stereocenters. The molecule has 200 valence electrons. The third-order valence-corrected chi connectivity index (χ3v) is 6.60. The molecule has 38 heavy (non-hydrogen) atoms. The Hall–Kier alpha value is -4.22. The molecule has 12 heteroatoms. The Labute approximate surface area is 214 Å². The van der Waals surface area contributed by atoms with Crippen molar-refractivity contribution in [3.63, 3.8) is 0 Å². The Kier molecular flexibility index (Phi) is 7.25. The van der Waals surface area contributed by atoms with Gasteiger partial charge in [-0.15, -0.1) is 13.2 Å². The number of ether oxygens (including phenoxy) is 1. The molecule has 0 fully saturated rings. The molecule has 3 aromatic rings. The third-order valence-electron chi connectivity index (χ3n) is 6.60. The van der Waals surface area contributed by atoms with Gasteiger partial charge in [-0.05, 0) is 56.0 Å². The lowest BCUT2D eigenvalue weighted by Crippen LogP contribution is -2.35. The second-order valence-electron chi connectivity index (χ2n) is 8.98. The minimum atomic E-state index is -4.88. The third kappa shape index (κ3) is 5.38. The molecule has 8 nitrogen and oxygen atoms in total. The lowest BCUT2D eigenvalue weighted by Gasteiger charge is -2.15. The zero-order valence-corrected chi connectivity index (χ0v) is 20.5. The Balaban J connectivity index is 1.54. The predicted molar refractivity (Wildman–Crippen MR) is 130 cm³/mol. The minimum absolute atomic E-state index is 0.0892. The maximum Gasteiger partial charge on any atom is 0.573 e. The van der Waals surface area contributed by atoms with Crippen molar-refractivity contribution in [2.24, 2.45) is 13.0 Å². The molecule has 1 heterocycles. The smallest absolute Gasteiger partial charge is 0.406 e. The fourth-order valence-electron chi connectivity index (χ4n) is 4.52. The van der Waals surface area contributed by atoms with Gasteiger partial charge in [-0.3, -0.25) is 24.5 Å². The van der Waals surface area contributed by atoms with E-state index in [1.54, 1.807) is 20.0 Å². The van der Waals surface area contributed by atoms with Gasteiger partial charge in [0.1, 0.15) is 23.0 Å². The number of nitrogens with one attached hydrogen (secondary N) is 2. The molecule has 0 saturated heterocycles. The van der Waals surface area contributed by atoms with Crippen molar-refractivity contribution < 1.29 is 31.9 Å². The number of anilines is 1. The molecular weight excluding hydrogens is 508 g/mol. The number of ketones is 1. The van der Waals surface area contributed by atoms with E-state index in [4.69, 9.17) is 5.41 Å². The van der Waals surface area contributed by atoms with E-state index in [1.807, 2.05) is 0 Å². The molecule has 1 amide bonds. The van der Waals surface area contributed by atoms with Gasteiger partial charge in [-0.1, -0.05) is 18.2 Å². The summed E-state index contributed by atoms with van der Waals surface area (Å²) in [5, 5.41) is 10.8. The number of fused-ring (bicyclic) bond motifs is 1. The van der Waals surface area contributed by atoms with Crippen LogP contribution in [-0.2, 0) is 24.8 Å². The van der Waals surface area contributed by atoms with Gasteiger partial charge < -0.3 is 10.1 Å². The number of amides is 1. The second kappa shape index (κ2) is 10.3. The number of hydrogen-bond acceptors (Lipinski definition) is 5. The first-order chi connectivity index (χ1) is 17.9. The number of aryl methyl sites for hydroxylation is 1. The number of rotatable bonds is 6. The van der Waals surface area contributed by atoms with Crippen LogP contribution in [0.2, 0.25) is 0 Å². The molecule has 2 aromatic carbocycles. The topological polar surface area (TPSA) is 106 Å². The first-order valence-electron chi connectivity index (χ1n) is 11.7. The van der Waals surface area contributed by atoms with Crippen LogP contribution >= 0.6 is 0 Å². The number of halogens is 4. The fourth-order valence-corrected chi connectivity index (χ4v) is 4.52. The number of carbonyl (C=O) groups excluding carboxylic acids is 2. The second-order valence-corrected chi connectivity index (χ2v) is 8.98. The van der Waals surface area contributed by atoms with E-state index in [9.17, 15) is 31.9 Å². The first kappa shape index (κ1) is 26.8. The molecule has 1 aliphatic rings. The van der Waals surface area contributed by atoms with E-state index in [0.29, 0.717) is 17.7 Å². The molecule has 0 spiro atoms. The van der Waals surface area contributed by atoms with Gasteiger partial charge in [0, 0.05) is 18.2 Å². The van der Waals surface area contributed by atoms with Crippen LogP contribution in [0, 0.1) is 24.1 Å². The van der Waals surface area contributed by atoms with Gasteiger partial charge >= 0.3 is 6.36 Å². The average Bonchev–Trinajstić information content (AvgIpc) is 2.97. The molecule has 1 atom stereocenters. The van der Waals surface area contributed by atoms with Gasteiger partial charge in [0.05, 0.1) is 18.2 Å². The fraction of sp³-hybridized carbons (Fsp3) is 0.308. The summed E-state index contributed by atoms with van der Waals surface area (Å²) in [6.07, 6.45) is -4.15. The van der Waals surface area contributed by atoms with Crippen molar-refractivity contribution in [3.05, 3.63) is 81.0 Å². The SMILES string of the molecule is Cc1c(NC(=O)C(=N)C2CCCc3cc(OC(F)(F)F)ccc3C2=O)c(=O)n(Cc2ccccc2F)n1C. The molecule has 0 bridgehead atoms. The summed E-state index contributed by atoms with van der Waals surface area (Å²) in [6, 6.07) is 9.32. The normalized spacial score (nSPS) is 15.5. The molecule has 2 N–H and O–H groups in total. The van der Waals surface area contributed by atoms with Crippen molar-refractivity contribution >= 4 is 23.1 Å². The van der Waals surface area contributed by atoms with Crippen LogP contribution in [-0.4, -0.2) is 33.1 Å². The van der Waals surface area contributed by atoms with Crippen LogP contribution < -0.4 is 15.6 Å². The number of hydrogen-bond donors (Lipinski definition) is 2. The number of alkyl halides is 3. The quantitative estimate of drug-likeness (QED) is 0.279. The summed E-state index contributed by atoms with van der Waals surface area (Å²) in [6.45, 7) is 1.49. The van der Waals surface area contributed by atoms with Crippen LogP contribution in [0.3, 0.4) is 0 Å². The minimum Gasteiger partial charge on any atom is -0.406 e. The van der Waals surface area contributed by atoms with Crippen molar-refractivity contribution in [1.82, 2.24) is 9.36 Å². The maximum atomic E-state index is 14.1. The highest BCUT2D eigenvalue weighted by atomic mass is 19.4. The number of aromatic nitrogens is 2. The van der Waals surface area contributed by atoms with Gasteiger partial charge in [0.15, 0.2) is 5.78 Å². The van der Waals surface area contributed by atoms with E-state index in [2.05, 4.69) is 10.1 Å². The van der Waals surface area contributed by atoms with Crippen LogP contribution in [0.4, 0.5) is 23.2 Å². The summed E-state index contributed by atoms with van der Waals surface area (Å²) in [4.78, 5) is 39.2. The number of Topliss-reactive ketones (excluding diaryl/α,β-unsaturated/α-hetero) is 1. The van der Waals surface area contributed by atoms with Crippen LogP contribution in [0.1, 0.15) is 40.0 Å². The van der Waals surface area contributed by atoms with E-state index < -0.39 is 46.8 Å². The van der Waals surface area contributed by atoms with Gasteiger partial charge in [0.25, 0.3) is 11.5 Å². The Morgan fingerprint density at radius 2 is 1.89 bits per heavy atom. The van der Waals surface area contributed by atoms with E-state index in [1.165, 1.54) is 33.6 Å². The predicted octanol–water partition coefficient (Wildman–Crippen LogP) is 4.37. The Morgan fingerprint density at radius 1 is 1.18 bits per heavy atom. The number of benzene rings is 2. The highest BCUT2D eigenvalue weighted by Gasteiger charge is 2.35. The molecule has 1 aliphatic carbocycles. The first-order valence-corrected chi connectivity index (χ1v) is 11.7. The van der Waals surface area contributed by atoms with Crippen LogP contribution in [0.15, 0.2) is 47.3 Å². The monoisotopic (exact) mass is 532 g/mol. The molecule has 0 radical (unpaired) electrons. The largest absolute Gasteiger partial charge is 0.573 e. The molecule has 1 aromatic heterocycles. The summed E-state index contributed by atoms with van der Waals surface area (Å²) in [5.41, 5.74) is -0.195. The summed E-state index contributed by atoms with van der Waals surface area (Å²) in [5.74, 6) is -3.61.